The third-order valence-corrected chi connectivity index (χ3v) is 15.9. The van der Waals surface area contributed by atoms with Crippen LogP contribution in [0.4, 0.5) is 48.2 Å². The summed E-state index contributed by atoms with van der Waals surface area (Å²) in [6.07, 6.45) is -2.29. The van der Waals surface area contributed by atoms with Gasteiger partial charge in [0.05, 0.1) is 45.1 Å². The van der Waals surface area contributed by atoms with Crippen molar-refractivity contribution in [1.29, 1.82) is 0 Å². The van der Waals surface area contributed by atoms with Crippen molar-refractivity contribution in [3.8, 4) is 34.2 Å². The summed E-state index contributed by atoms with van der Waals surface area (Å²) in [7, 11) is 3.45. The molecule has 0 spiro atoms. The smallest absolute Gasteiger partial charge is 0.379 e. The Labute approximate surface area is 504 Å². The molecule has 0 radical (unpaired) electrons. The van der Waals surface area contributed by atoms with Crippen molar-refractivity contribution in [3.63, 3.8) is 0 Å². The summed E-state index contributed by atoms with van der Waals surface area (Å²) in [5, 5.41) is 33.0. The first-order valence-corrected chi connectivity index (χ1v) is 29.1. The van der Waals surface area contributed by atoms with Crippen molar-refractivity contribution < 1.29 is 40.2 Å². The quantitative estimate of drug-likeness (QED) is 0.0557. The summed E-state index contributed by atoms with van der Waals surface area (Å²) in [6, 6.07) is 22.0. The maximum Gasteiger partial charge on any atom is 0.418 e. The van der Waals surface area contributed by atoms with Crippen LogP contribution in [-0.4, -0.2) is 169 Å². The van der Waals surface area contributed by atoms with E-state index in [2.05, 4.69) is 102 Å². The Bertz CT molecular complexity index is 3800. The van der Waals surface area contributed by atoms with Gasteiger partial charge < -0.3 is 40.1 Å². The highest BCUT2D eigenvalue weighted by atomic mass is 19.4. The number of methoxy groups -OCH3 is 2. The third kappa shape index (κ3) is 15.1. The number of halogens is 7. The number of hydrogen-bond acceptors (Lipinski definition) is 17. The molecule has 0 saturated carbocycles. The van der Waals surface area contributed by atoms with Crippen molar-refractivity contribution in [1.82, 2.24) is 76.4 Å². The first-order valence-electron chi connectivity index (χ1n) is 29.1. The molecule has 9 aromatic rings. The molecule has 12 heterocycles. The van der Waals surface area contributed by atoms with Crippen molar-refractivity contribution in [2.75, 3.05) is 87.8 Å². The predicted molar refractivity (Wildman–Crippen MR) is 325 cm³/mol. The van der Waals surface area contributed by atoms with Crippen molar-refractivity contribution >= 4 is 50.6 Å². The average Bonchev–Trinajstić information content (AvgIpc) is 1.72. The van der Waals surface area contributed by atoms with E-state index in [1.54, 1.807) is 50.9 Å². The highest BCUT2D eigenvalue weighted by Crippen LogP contribution is 2.41. The van der Waals surface area contributed by atoms with Crippen LogP contribution in [0, 0.1) is 0 Å². The normalized spacial score (nSPS) is 18.1. The molecule has 27 heteroatoms. The van der Waals surface area contributed by atoms with Gasteiger partial charge in [0, 0.05) is 126 Å². The highest BCUT2D eigenvalue weighted by molar-refractivity contribution is 5.92. The summed E-state index contributed by atoms with van der Waals surface area (Å²) >= 11 is 0. The molecule has 3 saturated heterocycles. The zero-order chi connectivity index (χ0) is 62.6. The number of aromatic nitrogens is 12. The Kier molecular flexibility index (Phi) is 18.6. The number of aromatic amines is 3. The van der Waals surface area contributed by atoms with Gasteiger partial charge in [-0.05, 0) is 134 Å². The van der Waals surface area contributed by atoms with E-state index in [1.807, 2.05) is 41.8 Å². The topological polar surface area (TPSA) is 228 Å². The van der Waals surface area contributed by atoms with Crippen LogP contribution in [0.25, 0.3) is 67.3 Å². The monoisotopic (exact) mass is 1220 g/mol. The fourth-order valence-electron chi connectivity index (χ4n) is 11.4. The lowest BCUT2D eigenvalue weighted by molar-refractivity contribution is -0.138. The van der Waals surface area contributed by atoms with Gasteiger partial charge in [0.15, 0.2) is 16.9 Å². The molecular formula is C61H73F7N18O2. The minimum Gasteiger partial charge on any atom is -0.379 e. The molecule has 0 aliphatic carbocycles. The highest BCUT2D eigenvalue weighted by Gasteiger charge is 2.39. The van der Waals surface area contributed by atoms with E-state index >= 15 is 0 Å². The second-order valence-corrected chi connectivity index (χ2v) is 24.0. The lowest BCUT2D eigenvalue weighted by atomic mass is 9.97. The molecule has 9 aromatic heterocycles. The second kappa shape index (κ2) is 26.0. The number of rotatable bonds is 14. The minimum atomic E-state index is -4.58. The largest absolute Gasteiger partial charge is 0.418 e. The fraction of sp³-hybridized carbons (Fsp3) is 0.459. The van der Waals surface area contributed by atoms with Crippen LogP contribution in [0.1, 0.15) is 71.9 Å². The van der Waals surface area contributed by atoms with Crippen LogP contribution >= 0.6 is 0 Å². The minimum absolute atomic E-state index is 0.122. The van der Waals surface area contributed by atoms with Crippen LogP contribution in [-0.2, 0) is 21.8 Å². The van der Waals surface area contributed by atoms with E-state index in [4.69, 9.17) is 14.5 Å². The Morgan fingerprint density at radius 3 is 1.22 bits per heavy atom. The van der Waals surface area contributed by atoms with Crippen LogP contribution in [0.3, 0.4) is 0 Å². The number of piperazine rings is 3. The number of fused-ring (bicyclic) bond motifs is 3. The van der Waals surface area contributed by atoms with Crippen LogP contribution in [0.5, 0.6) is 0 Å². The molecule has 12 rings (SSSR count). The maximum atomic E-state index is 14.1. The Morgan fingerprint density at radius 2 is 0.830 bits per heavy atom. The summed E-state index contributed by atoms with van der Waals surface area (Å²) in [5.74, 6) is 1.89. The van der Waals surface area contributed by atoms with Gasteiger partial charge in [-0.3, -0.25) is 15.3 Å². The fourth-order valence-corrected chi connectivity index (χ4v) is 11.4. The number of nitrogens with one attached hydrogen (secondary N) is 6. The summed E-state index contributed by atoms with van der Waals surface area (Å²) in [5.41, 5.74) is -0.291. The zero-order valence-electron chi connectivity index (χ0n) is 50.3. The number of anilines is 3. The molecule has 3 fully saturated rings. The van der Waals surface area contributed by atoms with E-state index in [0.717, 1.165) is 67.2 Å². The van der Waals surface area contributed by atoms with Crippen molar-refractivity contribution in [3.05, 3.63) is 109 Å². The molecule has 0 aromatic carbocycles. The van der Waals surface area contributed by atoms with Gasteiger partial charge in [-0.1, -0.05) is 6.07 Å². The van der Waals surface area contributed by atoms with Crippen LogP contribution < -0.4 is 30.7 Å². The Balaban J connectivity index is 0.000000146. The molecule has 0 bridgehead atoms. The number of H-pyrrole nitrogens is 3. The molecule has 6 N–H and O–H groups in total. The van der Waals surface area contributed by atoms with Gasteiger partial charge in [0.25, 0.3) is 0 Å². The number of hydrogen-bond donors (Lipinski definition) is 6. The van der Waals surface area contributed by atoms with Gasteiger partial charge in [-0.15, -0.1) is 0 Å². The SMILES string of the molecule is CC(C)(F)CC1CN(c2ccc(C(F)(F)F)c(-c3[nH]nc4ncccc34)n2)CCN1.COC(C)(C)CC1CN(c2ccc(C(F)(F)F)c(-c3[nH]nc4ncccc34)n2)CCN1.COC(C)(C)CC1CN(c2cccc(-c3[nH]nc4ncccc34)n2)CCN1. The summed E-state index contributed by atoms with van der Waals surface area (Å²) < 4.78 is 108. The summed E-state index contributed by atoms with van der Waals surface area (Å²) in [6.45, 7) is 17.7. The second-order valence-electron chi connectivity index (χ2n) is 24.0. The lowest BCUT2D eigenvalue weighted by Crippen LogP contribution is -2.53. The number of pyridine rings is 6. The number of nitrogens with zero attached hydrogens (tertiary/aromatic N) is 12. The standard InChI is InChI=1S/C21H25F3N6O.C20H22F4N6.C20H26N6O/c1-20(2,31-3)11-13-12-30(10-9-25-13)16-7-6-15(21(22,23)24)18(27-16)17-14-5-4-8-26-19(14)29-28-17;1-19(2,21)10-12-11-30(9-8-25-12)15-6-5-14(20(22,23)24)17(27-15)16-13-4-3-7-26-18(13)29-28-16;1-20(2,27-3)12-14-13-26(11-10-21-14)17-8-4-7-16(23-17)18-15-6-5-9-22-19(15)25-24-18/h4-8,13,25H,9-12H2,1-3H3,(H,26,28,29);3-7,12,25H,8-11H2,1-2H3,(H,26,28,29);4-9,14,21H,10-13H2,1-3H3,(H,22,24,25). The molecular weight excluding hydrogens is 1150 g/mol. The lowest BCUT2D eigenvalue weighted by Gasteiger charge is -2.38. The average molecular weight is 1220 g/mol. The number of ether oxygens (including phenoxy) is 2. The predicted octanol–water partition coefficient (Wildman–Crippen LogP) is 10.2. The van der Waals surface area contributed by atoms with Gasteiger partial charge in [-0.25, -0.2) is 34.3 Å². The van der Waals surface area contributed by atoms with Crippen LogP contribution in [0.2, 0.25) is 0 Å². The van der Waals surface area contributed by atoms with Gasteiger partial charge in [-0.2, -0.15) is 41.6 Å². The first kappa shape index (κ1) is 63.1. The zero-order valence-corrected chi connectivity index (χ0v) is 50.3. The molecule has 3 atom stereocenters. The van der Waals surface area contributed by atoms with E-state index < -0.39 is 29.1 Å². The Morgan fingerprint density at radius 1 is 0.455 bits per heavy atom. The molecule has 0 amide bonds. The van der Waals surface area contributed by atoms with Gasteiger partial charge in [0.1, 0.15) is 34.5 Å². The van der Waals surface area contributed by atoms with Crippen molar-refractivity contribution in [2.45, 2.75) is 108 Å². The molecule has 3 unspecified atom stereocenters. The summed E-state index contributed by atoms with van der Waals surface area (Å²) in [4.78, 5) is 32.4. The molecule has 88 heavy (non-hydrogen) atoms. The first-order chi connectivity index (χ1) is 41.8. The van der Waals surface area contributed by atoms with E-state index in [9.17, 15) is 30.7 Å². The van der Waals surface area contributed by atoms with Crippen LogP contribution in [0.15, 0.2) is 97.5 Å². The Hall–Kier alpha value is -7.98. The van der Waals surface area contributed by atoms with Gasteiger partial charge >= 0.3 is 12.4 Å². The van der Waals surface area contributed by atoms with E-state index in [0.29, 0.717) is 91.1 Å². The molecule has 20 nitrogen and oxygen atoms in total. The third-order valence-electron chi connectivity index (χ3n) is 15.9. The molecule has 3 aliphatic rings. The number of alkyl halides is 7. The van der Waals surface area contributed by atoms with Gasteiger partial charge in [0.2, 0.25) is 0 Å². The maximum absolute atomic E-state index is 14.1. The molecule has 468 valence electrons. The van der Waals surface area contributed by atoms with E-state index in [1.165, 1.54) is 32.2 Å². The van der Waals surface area contributed by atoms with Crippen molar-refractivity contribution in [2.24, 2.45) is 0 Å². The molecule has 3 aliphatic heterocycles. The van der Waals surface area contributed by atoms with E-state index in [-0.39, 0.29) is 46.1 Å².